The molecule has 288 valence electrons. The average Bonchev–Trinajstić information content (AvgIpc) is 3.48. The van der Waals surface area contributed by atoms with Gasteiger partial charge < -0.3 is 29.7 Å². The molecule has 0 aromatic heterocycles. The standard InChI is InChI=1S/C44H62N4O5/c1-8-28-53-42(50)46-26-30-52-32-31-51-29-25-45-41(49)22-14-11-17-27-48-38-24-23-34(3)33-36(38)44(6,7)40(48)21-13-10-12-20-39-43(4,5)35-18-15-16-19-37(35)47(39)9-2/h10,12-13,15-16,18-21,23-24,33H,8-9,11,14,17,22,25-32H2,1-7H3,(H-,45,46,49,50)/p+1. The molecule has 53 heavy (non-hydrogen) atoms. The minimum absolute atomic E-state index is 0.0440. The van der Waals surface area contributed by atoms with Gasteiger partial charge in [0.1, 0.15) is 6.54 Å². The first-order valence-corrected chi connectivity index (χ1v) is 19.5. The van der Waals surface area contributed by atoms with Gasteiger partial charge in [-0.25, -0.2) is 4.79 Å². The first kappa shape index (κ1) is 41.5. The molecule has 0 saturated heterocycles. The van der Waals surface area contributed by atoms with Gasteiger partial charge in [-0.15, -0.1) is 0 Å². The zero-order valence-electron chi connectivity index (χ0n) is 33.3. The topological polar surface area (TPSA) is 92.1 Å². The molecule has 0 atom stereocenters. The minimum Gasteiger partial charge on any atom is -0.450 e. The largest absolute Gasteiger partial charge is 0.450 e. The lowest BCUT2D eigenvalue weighted by atomic mass is 9.81. The van der Waals surface area contributed by atoms with E-state index in [1.54, 1.807) is 0 Å². The Morgan fingerprint density at radius 1 is 0.811 bits per heavy atom. The third-order valence-corrected chi connectivity index (χ3v) is 10.1. The normalized spacial score (nSPS) is 16.5. The van der Waals surface area contributed by atoms with Crippen LogP contribution in [0.2, 0.25) is 0 Å². The highest BCUT2D eigenvalue weighted by atomic mass is 16.5. The summed E-state index contributed by atoms with van der Waals surface area (Å²) in [6, 6.07) is 15.5. The van der Waals surface area contributed by atoms with E-state index in [0.717, 1.165) is 38.8 Å². The summed E-state index contributed by atoms with van der Waals surface area (Å²) >= 11 is 0. The van der Waals surface area contributed by atoms with Gasteiger partial charge in [-0.2, -0.15) is 4.58 Å². The molecule has 4 rings (SSSR count). The predicted molar refractivity (Wildman–Crippen MR) is 216 cm³/mol. The summed E-state index contributed by atoms with van der Waals surface area (Å²) in [6.45, 7) is 20.4. The lowest BCUT2D eigenvalue weighted by molar-refractivity contribution is -0.438. The third kappa shape index (κ3) is 11.2. The van der Waals surface area contributed by atoms with Crippen molar-refractivity contribution in [1.29, 1.82) is 0 Å². The number of rotatable bonds is 21. The number of para-hydroxylation sites is 1. The lowest BCUT2D eigenvalue weighted by Gasteiger charge is -2.25. The number of amides is 2. The SMILES string of the molecule is CCCOC(=O)NCCOCCOCCNC(=O)CCCCC[N+]1=C(/C=C/C=C/C=C2\N(CC)c3ccccc3C2(C)C)C(C)(C)c2cc(C)ccc21. The van der Waals surface area contributed by atoms with Crippen LogP contribution in [-0.2, 0) is 29.8 Å². The fourth-order valence-electron chi connectivity index (χ4n) is 7.25. The van der Waals surface area contributed by atoms with E-state index in [1.807, 2.05) is 6.92 Å². The van der Waals surface area contributed by atoms with E-state index in [2.05, 4.69) is 134 Å². The van der Waals surface area contributed by atoms with Crippen LogP contribution >= 0.6 is 0 Å². The van der Waals surface area contributed by atoms with Crippen LogP contribution in [0.1, 0.15) is 90.3 Å². The Balaban J connectivity index is 1.22. The fourth-order valence-corrected chi connectivity index (χ4v) is 7.25. The van der Waals surface area contributed by atoms with Crippen molar-refractivity contribution in [3.8, 4) is 0 Å². The van der Waals surface area contributed by atoms with Gasteiger partial charge in [0.2, 0.25) is 11.6 Å². The monoisotopic (exact) mass is 727 g/mol. The molecule has 2 aliphatic heterocycles. The average molecular weight is 728 g/mol. The molecule has 0 spiro atoms. The fraction of sp³-hybridized carbons (Fsp3) is 0.523. The summed E-state index contributed by atoms with van der Waals surface area (Å²) in [5, 5.41) is 5.58. The predicted octanol–water partition coefficient (Wildman–Crippen LogP) is 8.03. The first-order chi connectivity index (χ1) is 25.5. The van der Waals surface area contributed by atoms with Crippen LogP contribution in [0.15, 0.2) is 78.5 Å². The second-order valence-corrected chi connectivity index (χ2v) is 14.8. The van der Waals surface area contributed by atoms with E-state index in [1.165, 1.54) is 39.5 Å². The zero-order valence-corrected chi connectivity index (χ0v) is 33.3. The molecule has 0 aliphatic carbocycles. The van der Waals surface area contributed by atoms with E-state index in [4.69, 9.17) is 14.2 Å². The number of benzene rings is 2. The highest BCUT2D eigenvalue weighted by molar-refractivity contribution is 6.03. The molecule has 2 aliphatic rings. The summed E-state index contributed by atoms with van der Waals surface area (Å²) < 4.78 is 18.4. The van der Waals surface area contributed by atoms with Crippen molar-refractivity contribution in [2.75, 3.05) is 64.1 Å². The Morgan fingerprint density at radius 3 is 2.28 bits per heavy atom. The number of aryl methyl sites for hydroxylation is 1. The quantitative estimate of drug-likeness (QED) is 0.0769. The van der Waals surface area contributed by atoms with Gasteiger partial charge in [0, 0.05) is 67.0 Å². The van der Waals surface area contributed by atoms with Gasteiger partial charge in [-0.05, 0) is 70.7 Å². The van der Waals surface area contributed by atoms with Crippen LogP contribution in [0.5, 0.6) is 0 Å². The molecule has 2 aromatic carbocycles. The number of ether oxygens (including phenoxy) is 3. The van der Waals surface area contributed by atoms with Gasteiger partial charge >= 0.3 is 6.09 Å². The number of hydrogen-bond donors (Lipinski definition) is 2. The molecule has 2 aromatic rings. The Bertz CT molecular complexity index is 1650. The Morgan fingerprint density at radius 2 is 1.55 bits per heavy atom. The molecule has 2 amide bonds. The number of nitrogens with one attached hydrogen (secondary N) is 2. The summed E-state index contributed by atoms with van der Waals surface area (Å²) in [5.74, 6) is 0.0536. The molecule has 0 bridgehead atoms. The van der Waals surface area contributed by atoms with E-state index in [0.29, 0.717) is 52.5 Å². The third-order valence-electron chi connectivity index (χ3n) is 10.1. The molecule has 9 nitrogen and oxygen atoms in total. The number of alkyl carbamates (subject to hydrolysis) is 1. The molecule has 0 unspecified atom stereocenters. The van der Waals surface area contributed by atoms with Crippen LogP contribution < -0.4 is 15.5 Å². The number of unbranched alkanes of at least 4 members (excludes halogenated alkanes) is 2. The number of likely N-dealkylation sites (N-methyl/N-ethyl adjacent to an activating group) is 1. The van der Waals surface area contributed by atoms with Crippen molar-refractivity contribution in [3.05, 3.63) is 95.2 Å². The molecular weight excluding hydrogens is 665 g/mol. The Labute approximate surface area is 318 Å². The number of nitrogens with zero attached hydrogens (tertiary/aromatic N) is 2. The van der Waals surface area contributed by atoms with Crippen molar-refractivity contribution in [2.45, 2.75) is 91.4 Å². The van der Waals surface area contributed by atoms with Crippen LogP contribution in [-0.4, -0.2) is 81.5 Å². The maximum absolute atomic E-state index is 12.4. The Hall–Kier alpha value is -4.21. The second kappa shape index (κ2) is 20.3. The summed E-state index contributed by atoms with van der Waals surface area (Å²) in [4.78, 5) is 26.2. The van der Waals surface area contributed by atoms with Crippen molar-refractivity contribution in [3.63, 3.8) is 0 Å². The number of carbonyl (C=O) groups is 2. The van der Waals surface area contributed by atoms with Crippen LogP contribution in [0.3, 0.4) is 0 Å². The van der Waals surface area contributed by atoms with Crippen molar-refractivity contribution in [2.24, 2.45) is 0 Å². The molecule has 2 heterocycles. The van der Waals surface area contributed by atoms with Crippen LogP contribution in [0.25, 0.3) is 0 Å². The van der Waals surface area contributed by atoms with Crippen molar-refractivity contribution < 1.29 is 28.4 Å². The van der Waals surface area contributed by atoms with Crippen LogP contribution in [0.4, 0.5) is 16.2 Å². The first-order valence-electron chi connectivity index (χ1n) is 19.5. The van der Waals surface area contributed by atoms with Gasteiger partial charge in [0.25, 0.3) is 0 Å². The number of fused-ring (bicyclic) bond motifs is 2. The molecule has 9 heteroatoms. The van der Waals surface area contributed by atoms with Gasteiger partial charge in [-0.3, -0.25) is 4.79 Å². The Kier molecular flexibility index (Phi) is 15.9. The van der Waals surface area contributed by atoms with Gasteiger partial charge in [-0.1, -0.05) is 68.8 Å². The molecule has 0 fully saturated rings. The summed E-state index contributed by atoms with van der Waals surface area (Å²) in [6.07, 6.45) is 14.7. The van der Waals surface area contributed by atoms with E-state index >= 15 is 0 Å². The number of anilines is 1. The van der Waals surface area contributed by atoms with Gasteiger partial charge in [0.05, 0.1) is 38.4 Å². The lowest BCUT2D eigenvalue weighted by Crippen LogP contribution is -2.29. The number of allylic oxidation sites excluding steroid dienone is 6. The zero-order chi connectivity index (χ0) is 38.3. The maximum Gasteiger partial charge on any atom is 0.407 e. The highest BCUT2D eigenvalue weighted by Crippen LogP contribution is 2.47. The van der Waals surface area contributed by atoms with Crippen molar-refractivity contribution >= 4 is 29.1 Å². The minimum atomic E-state index is -0.424. The number of carbonyl (C=O) groups excluding carboxylic acids is 2. The molecule has 2 N–H and O–H groups in total. The van der Waals surface area contributed by atoms with E-state index in [-0.39, 0.29) is 16.7 Å². The molecule has 0 radical (unpaired) electrons. The highest BCUT2D eigenvalue weighted by Gasteiger charge is 2.44. The van der Waals surface area contributed by atoms with Crippen LogP contribution in [0, 0.1) is 6.92 Å². The number of hydrogen-bond acceptors (Lipinski definition) is 6. The maximum atomic E-state index is 12.4. The molecule has 0 saturated carbocycles. The van der Waals surface area contributed by atoms with E-state index < -0.39 is 6.09 Å². The second-order valence-electron chi connectivity index (χ2n) is 14.8. The summed E-state index contributed by atoms with van der Waals surface area (Å²) in [7, 11) is 0. The van der Waals surface area contributed by atoms with Crippen molar-refractivity contribution in [1.82, 2.24) is 10.6 Å². The summed E-state index contributed by atoms with van der Waals surface area (Å²) in [5.41, 5.74) is 9.06. The van der Waals surface area contributed by atoms with E-state index in [9.17, 15) is 9.59 Å². The van der Waals surface area contributed by atoms with Gasteiger partial charge in [0.15, 0.2) is 5.71 Å². The smallest absolute Gasteiger partial charge is 0.407 e. The molecular formula is C44H63N4O5+.